The molecule has 2 N–H and O–H groups in total. The Hall–Kier alpha value is -3.61. The van der Waals surface area contributed by atoms with Crippen LogP contribution in [-0.4, -0.2) is 17.7 Å². The van der Waals surface area contributed by atoms with E-state index in [1.54, 1.807) is 18.3 Å². The van der Waals surface area contributed by atoms with Crippen LogP contribution in [0.2, 0.25) is 0 Å². The lowest BCUT2D eigenvalue weighted by molar-refractivity contribution is 0.102. The monoisotopic (exact) mass is 365 g/mol. The second-order valence-corrected chi connectivity index (χ2v) is 5.97. The molecule has 1 aliphatic heterocycles. The highest BCUT2D eigenvalue weighted by Crippen LogP contribution is 2.32. The summed E-state index contributed by atoms with van der Waals surface area (Å²) < 4.78 is 23.9. The topological polar surface area (TPSA) is 72.5 Å². The van der Waals surface area contributed by atoms with Crippen molar-refractivity contribution in [3.63, 3.8) is 0 Å². The second-order valence-electron chi connectivity index (χ2n) is 5.97. The van der Waals surface area contributed by atoms with Crippen LogP contribution in [0.1, 0.15) is 15.9 Å². The summed E-state index contributed by atoms with van der Waals surface area (Å²) in [5.41, 5.74) is 2.46. The number of ether oxygens (including phenoxy) is 2. The molecule has 1 amide bonds. The van der Waals surface area contributed by atoms with Gasteiger partial charge >= 0.3 is 0 Å². The quantitative estimate of drug-likeness (QED) is 0.719. The van der Waals surface area contributed by atoms with Crippen molar-refractivity contribution >= 4 is 17.3 Å². The molecule has 2 heterocycles. The summed E-state index contributed by atoms with van der Waals surface area (Å²) in [6.07, 6.45) is 3.09. The number of pyridine rings is 1. The number of halogens is 1. The lowest BCUT2D eigenvalue weighted by Gasteiger charge is -2.09. The Morgan fingerprint density at radius 3 is 2.81 bits per heavy atom. The Bertz CT molecular complexity index is 994. The molecule has 2 aromatic carbocycles. The number of nitrogens with zero attached hydrogens (tertiary/aromatic N) is 1. The van der Waals surface area contributed by atoms with E-state index in [2.05, 4.69) is 15.6 Å². The number of aromatic nitrogens is 1. The Morgan fingerprint density at radius 1 is 1.04 bits per heavy atom. The summed E-state index contributed by atoms with van der Waals surface area (Å²) in [5, 5.41) is 5.87. The third kappa shape index (κ3) is 3.98. The van der Waals surface area contributed by atoms with Crippen molar-refractivity contribution in [1.29, 1.82) is 0 Å². The number of benzene rings is 2. The first-order valence-corrected chi connectivity index (χ1v) is 8.32. The molecule has 0 saturated heterocycles. The van der Waals surface area contributed by atoms with Gasteiger partial charge in [-0.15, -0.1) is 0 Å². The average Bonchev–Trinajstić information content (AvgIpc) is 3.14. The Balaban J connectivity index is 1.42. The van der Waals surface area contributed by atoms with Gasteiger partial charge in [-0.3, -0.25) is 9.78 Å². The van der Waals surface area contributed by atoms with E-state index in [1.807, 2.05) is 18.2 Å². The molecular weight excluding hydrogens is 349 g/mol. The van der Waals surface area contributed by atoms with E-state index in [9.17, 15) is 9.18 Å². The van der Waals surface area contributed by atoms with E-state index >= 15 is 0 Å². The summed E-state index contributed by atoms with van der Waals surface area (Å²) in [5.74, 6) is 0.678. The molecule has 27 heavy (non-hydrogen) atoms. The molecule has 136 valence electrons. The molecule has 1 aromatic heterocycles. The van der Waals surface area contributed by atoms with E-state index in [-0.39, 0.29) is 12.7 Å². The van der Waals surface area contributed by atoms with E-state index in [1.165, 1.54) is 24.4 Å². The lowest BCUT2D eigenvalue weighted by Crippen LogP contribution is -2.13. The van der Waals surface area contributed by atoms with Gasteiger partial charge in [0.15, 0.2) is 11.5 Å². The van der Waals surface area contributed by atoms with Crippen LogP contribution in [-0.2, 0) is 6.54 Å². The molecule has 7 heteroatoms. The fourth-order valence-corrected chi connectivity index (χ4v) is 2.69. The maximum Gasteiger partial charge on any atom is 0.257 e. The molecule has 0 atom stereocenters. The lowest BCUT2D eigenvalue weighted by atomic mass is 10.2. The van der Waals surface area contributed by atoms with Crippen molar-refractivity contribution in [2.24, 2.45) is 0 Å². The minimum atomic E-state index is -0.412. The molecule has 0 fully saturated rings. The first-order chi connectivity index (χ1) is 13.2. The molecule has 0 bridgehead atoms. The van der Waals surface area contributed by atoms with Crippen LogP contribution in [0.25, 0.3) is 0 Å². The van der Waals surface area contributed by atoms with Gasteiger partial charge in [0.2, 0.25) is 6.79 Å². The van der Waals surface area contributed by atoms with Crippen LogP contribution in [0.4, 0.5) is 15.8 Å². The van der Waals surface area contributed by atoms with E-state index < -0.39 is 5.82 Å². The van der Waals surface area contributed by atoms with Crippen LogP contribution < -0.4 is 20.1 Å². The smallest absolute Gasteiger partial charge is 0.257 e. The zero-order valence-corrected chi connectivity index (χ0v) is 14.2. The molecule has 0 unspecified atom stereocenters. The predicted octanol–water partition coefficient (Wildman–Crippen LogP) is 3.81. The van der Waals surface area contributed by atoms with Crippen LogP contribution in [0, 0.1) is 5.82 Å². The van der Waals surface area contributed by atoms with Crippen molar-refractivity contribution in [3.05, 3.63) is 77.9 Å². The third-order valence-electron chi connectivity index (χ3n) is 4.02. The molecule has 3 aromatic rings. The highest BCUT2D eigenvalue weighted by molar-refractivity contribution is 6.04. The van der Waals surface area contributed by atoms with Gasteiger partial charge in [-0.05, 0) is 42.0 Å². The zero-order valence-electron chi connectivity index (χ0n) is 14.2. The van der Waals surface area contributed by atoms with Gasteiger partial charge in [0.25, 0.3) is 5.91 Å². The minimum absolute atomic E-state index is 0.235. The number of anilines is 2. The SMILES string of the molecule is O=C(Nc1cccc(F)c1)c1cncc(NCc2ccc3c(c2)OCO3)c1. The molecule has 1 aliphatic rings. The average molecular weight is 365 g/mol. The van der Waals surface area contributed by atoms with Crippen LogP contribution in [0.15, 0.2) is 60.9 Å². The summed E-state index contributed by atoms with van der Waals surface area (Å²) in [6.45, 7) is 0.770. The van der Waals surface area contributed by atoms with Crippen molar-refractivity contribution in [3.8, 4) is 11.5 Å². The van der Waals surface area contributed by atoms with Crippen LogP contribution in [0.3, 0.4) is 0 Å². The number of rotatable bonds is 5. The number of carbonyl (C=O) groups is 1. The van der Waals surface area contributed by atoms with Crippen molar-refractivity contribution in [2.45, 2.75) is 6.54 Å². The molecule has 0 aliphatic carbocycles. The summed E-state index contributed by atoms with van der Waals surface area (Å²) >= 11 is 0. The molecule has 6 nitrogen and oxygen atoms in total. The van der Waals surface area contributed by atoms with Gasteiger partial charge in [0, 0.05) is 24.6 Å². The first kappa shape index (κ1) is 16.8. The summed E-state index contributed by atoms with van der Waals surface area (Å²) in [7, 11) is 0. The predicted molar refractivity (Wildman–Crippen MR) is 98.5 cm³/mol. The zero-order chi connectivity index (χ0) is 18.6. The second kappa shape index (κ2) is 7.33. The minimum Gasteiger partial charge on any atom is -0.454 e. The van der Waals surface area contributed by atoms with E-state index in [0.717, 1.165) is 17.1 Å². The number of hydrogen-bond acceptors (Lipinski definition) is 5. The van der Waals surface area contributed by atoms with Gasteiger partial charge in [-0.2, -0.15) is 0 Å². The van der Waals surface area contributed by atoms with Gasteiger partial charge in [0.1, 0.15) is 5.82 Å². The van der Waals surface area contributed by atoms with Crippen LogP contribution >= 0.6 is 0 Å². The molecule has 0 saturated carbocycles. The molecule has 0 radical (unpaired) electrons. The fraction of sp³-hybridized carbons (Fsp3) is 0.100. The Kier molecular flexibility index (Phi) is 4.57. The van der Waals surface area contributed by atoms with Crippen molar-refractivity contribution in [2.75, 3.05) is 17.4 Å². The van der Waals surface area contributed by atoms with Crippen molar-refractivity contribution in [1.82, 2.24) is 4.98 Å². The van der Waals surface area contributed by atoms with Gasteiger partial charge in [-0.1, -0.05) is 12.1 Å². The van der Waals surface area contributed by atoms with E-state index in [0.29, 0.717) is 23.5 Å². The fourth-order valence-electron chi connectivity index (χ4n) is 2.69. The van der Waals surface area contributed by atoms with Gasteiger partial charge in [-0.25, -0.2) is 4.39 Å². The maximum atomic E-state index is 13.2. The Morgan fingerprint density at radius 2 is 1.93 bits per heavy atom. The normalized spacial score (nSPS) is 11.9. The largest absolute Gasteiger partial charge is 0.454 e. The highest BCUT2D eigenvalue weighted by Gasteiger charge is 2.13. The molecule has 4 rings (SSSR count). The maximum absolute atomic E-state index is 13.2. The molecular formula is C20H16FN3O3. The van der Waals surface area contributed by atoms with Gasteiger partial charge in [0.05, 0.1) is 11.3 Å². The van der Waals surface area contributed by atoms with Crippen molar-refractivity contribution < 1.29 is 18.7 Å². The van der Waals surface area contributed by atoms with E-state index in [4.69, 9.17) is 9.47 Å². The Labute approximate surface area is 155 Å². The number of amides is 1. The first-order valence-electron chi connectivity index (χ1n) is 8.32. The third-order valence-corrected chi connectivity index (χ3v) is 4.02. The number of carbonyl (C=O) groups excluding carboxylic acids is 1. The number of fused-ring (bicyclic) bond motifs is 1. The summed E-state index contributed by atoms with van der Waals surface area (Å²) in [6, 6.07) is 13.1. The number of nitrogens with one attached hydrogen (secondary N) is 2. The number of hydrogen-bond donors (Lipinski definition) is 2. The standard InChI is InChI=1S/C20H16FN3O3/c21-15-2-1-3-16(8-15)24-20(25)14-7-17(11-22-10-14)23-9-13-4-5-18-19(6-13)27-12-26-18/h1-8,10-11,23H,9,12H2,(H,24,25). The van der Waals surface area contributed by atoms with Crippen LogP contribution in [0.5, 0.6) is 11.5 Å². The highest BCUT2D eigenvalue weighted by atomic mass is 19.1. The summed E-state index contributed by atoms with van der Waals surface area (Å²) in [4.78, 5) is 16.4. The van der Waals surface area contributed by atoms with Gasteiger partial charge < -0.3 is 20.1 Å². The molecule has 0 spiro atoms.